The maximum absolute atomic E-state index is 5.28. The number of methoxy groups -OCH3 is 1. The maximum atomic E-state index is 5.28. The van der Waals surface area contributed by atoms with Gasteiger partial charge in [0.15, 0.2) is 0 Å². The van der Waals surface area contributed by atoms with Crippen LogP contribution in [0.3, 0.4) is 0 Å². The number of anilines is 1. The molecule has 0 saturated carbocycles. The first-order valence-corrected chi connectivity index (χ1v) is 7.61. The van der Waals surface area contributed by atoms with Crippen molar-refractivity contribution < 1.29 is 4.74 Å². The van der Waals surface area contributed by atoms with Gasteiger partial charge in [0.1, 0.15) is 5.82 Å². The molecule has 2 heterocycles. The van der Waals surface area contributed by atoms with Crippen molar-refractivity contribution in [1.82, 2.24) is 10.3 Å². The fraction of sp³-hybridized carbons (Fsp3) is 0.688. The number of rotatable bonds is 6. The van der Waals surface area contributed by atoms with Crippen molar-refractivity contribution in [2.24, 2.45) is 5.92 Å². The summed E-state index contributed by atoms with van der Waals surface area (Å²) in [7, 11) is 1.79. The lowest BCUT2D eigenvalue weighted by Crippen LogP contribution is -2.37. The molecule has 20 heavy (non-hydrogen) atoms. The Bertz CT molecular complexity index is 389. The lowest BCUT2D eigenvalue weighted by molar-refractivity contribution is 0.143. The number of hydrogen-bond donors (Lipinski definition) is 1. The molecule has 112 valence electrons. The van der Waals surface area contributed by atoms with Crippen molar-refractivity contribution in [3.63, 3.8) is 0 Å². The molecule has 1 saturated heterocycles. The fourth-order valence-electron chi connectivity index (χ4n) is 2.68. The van der Waals surface area contributed by atoms with E-state index in [1.165, 1.54) is 18.4 Å². The number of nitrogens with one attached hydrogen (secondary N) is 1. The van der Waals surface area contributed by atoms with Crippen LogP contribution in [0.15, 0.2) is 18.3 Å². The lowest BCUT2D eigenvalue weighted by Gasteiger charge is -2.33. The zero-order valence-corrected chi connectivity index (χ0v) is 12.9. The van der Waals surface area contributed by atoms with Gasteiger partial charge in [-0.2, -0.15) is 0 Å². The highest BCUT2D eigenvalue weighted by Gasteiger charge is 2.20. The van der Waals surface area contributed by atoms with Gasteiger partial charge in [-0.1, -0.05) is 19.9 Å². The second-order valence-corrected chi connectivity index (χ2v) is 5.97. The van der Waals surface area contributed by atoms with E-state index in [2.05, 4.69) is 41.2 Å². The lowest BCUT2D eigenvalue weighted by atomic mass is 9.99. The van der Waals surface area contributed by atoms with Crippen molar-refractivity contribution in [3.8, 4) is 0 Å². The smallest absolute Gasteiger partial charge is 0.128 e. The van der Waals surface area contributed by atoms with E-state index in [4.69, 9.17) is 4.74 Å². The zero-order valence-electron chi connectivity index (χ0n) is 12.9. The quantitative estimate of drug-likeness (QED) is 0.866. The monoisotopic (exact) mass is 277 g/mol. The van der Waals surface area contributed by atoms with E-state index in [0.717, 1.165) is 32.1 Å². The molecule has 0 spiro atoms. The molecule has 0 aliphatic carbocycles. The molecule has 1 unspecified atom stereocenters. The minimum absolute atomic E-state index is 0.506. The summed E-state index contributed by atoms with van der Waals surface area (Å²) in [4.78, 5) is 7.00. The minimum atomic E-state index is 0.506. The molecular formula is C16H27N3O. The summed E-state index contributed by atoms with van der Waals surface area (Å²) in [6.07, 6.45) is 4.48. The number of piperidine rings is 1. The molecule has 1 aliphatic rings. The number of pyridine rings is 1. The second-order valence-electron chi connectivity index (χ2n) is 5.97. The summed E-state index contributed by atoms with van der Waals surface area (Å²) in [5.74, 6) is 1.73. The first kappa shape index (κ1) is 15.3. The summed E-state index contributed by atoms with van der Waals surface area (Å²) in [5.41, 5.74) is 1.24. The normalized spacial score (nSPS) is 19.6. The summed E-state index contributed by atoms with van der Waals surface area (Å²) < 4.78 is 5.28. The van der Waals surface area contributed by atoms with Crippen LogP contribution in [0.25, 0.3) is 0 Å². The van der Waals surface area contributed by atoms with Gasteiger partial charge in [0.2, 0.25) is 0 Å². The van der Waals surface area contributed by atoms with E-state index >= 15 is 0 Å². The molecule has 4 heteroatoms. The molecule has 0 amide bonds. The van der Waals surface area contributed by atoms with E-state index in [-0.39, 0.29) is 0 Å². The Kier molecular flexibility index (Phi) is 5.80. The Morgan fingerprint density at radius 3 is 2.95 bits per heavy atom. The molecule has 2 rings (SSSR count). The Labute approximate surface area is 122 Å². The van der Waals surface area contributed by atoms with Crippen molar-refractivity contribution in [2.75, 3.05) is 31.7 Å². The van der Waals surface area contributed by atoms with Crippen molar-refractivity contribution in [2.45, 2.75) is 39.3 Å². The number of hydrogen-bond acceptors (Lipinski definition) is 4. The van der Waals surface area contributed by atoms with Crippen LogP contribution in [0, 0.1) is 5.92 Å². The fourth-order valence-corrected chi connectivity index (χ4v) is 2.68. The molecular weight excluding hydrogens is 250 g/mol. The highest BCUT2D eigenvalue weighted by atomic mass is 16.5. The van der Waals surface area contributed by atoms with E-state index in [0.29, 0.717) is 12.0 Å². The topological polar surface area (TPSA) is 37.4 Å². The van der Waals surface area contributed by atoms with Crippen molar-refractivity contribution in [1.29, 1.82) is 0 Å². The number of aromatic nitrogens is 1. The van der Waals surface area contributed by atoms with Crippen LogP contribution in [-0.2, 0) is 11.3 Å². The molecule has 1 N–H and O–H groups in total. The Morgan fingerprint density at radius 2 is 2.30 bits per heavy atom. The predicted molar refractivity (Wildman–Crippen MR) is 83.0 cm³/mol. The first-order valence-electron chi connectivity index (χ1n) is 7.61. The van der Waals surface area contributed by atoms with Crippen molar-refractivity contribution in [3.05, 3.63) is 23.9 Å². The van der Waals surface area contributed by atoms with Gasteiger partial charge in [0, 0.05) is 39.0 Å². The highest BCUT2D eigenvalue weighted by molar-refractivity contribution is 5.39. The van der Waals surface area contributed by atoms with Gasteiger partial charge in [-0.25, -0.2) is 4.98 Å². The van der Waals surface area contributed by atoms with Gasteiger partial charge in [0.25, 0.3) is 0 Å². The molecule has 0 aromatic carbocycles. The average Bonchev–Trinajstić information content (AvgIpc) is 2.46. The maximum Gasteiger partial charge on any atom is 0.128 e. The first-order chi connectivity index (χ1) is 9.69. The largest absolute Gasteiger partial charge is 0.384 e. The van der Waals surface area contributed by atoms with E-state index in [1.807, 2.05) is 6.20 Å². The molecule has 4 nitrogen and oxygen atoms in total. The van der Waals surface area contributed by atoms with Crippen LogP contribution >= 0.6 is 0 Å². The Hall–Kier alpha value is -1.13. The average molecular weight is 277 g/mol. The third kappa shape index (κ3) is 4.46. The van der Waals surface area contributed by atoms with E-state index in [1.54, 1.807) is 7.11 Å². The minimum Gasteiger partial charge on any atom is -0.384 e. The second kappa shape index (κ2) is 7.60. The number of nitrogens with zero attached hydrogens (tertiary/aromatic N) is 2. The van der Waals surface area contributed by atoms with E-state index < -0.39 is 0 Å². The predicted octanol–water partition coefficient (Wildman–Crippen LogP) is 2.44. The van der Waals surface area contributed by atoms with Crippen molar-refractivity contribution >= 4 is 5.82 Å². The summed E-state index contributed by atoms with van der Waals surface area (Å²) in [6, 6.07) is 4.83. The van der Waals surface area contributed by atoms with Gasteiger partial charge in [-0.3, -0.25) is 0 Å². The van der Waals surface area contributed by atoms with Crippen LogP contribution in [0.4, 0.5) is 5.82 Å². The number of ether oxygens (including phenoxy) is 1. The molecule has 1 atom stereocenters. The molecule has 1 aromatic heterocycles. The third-order valence-corrected chi connectivity index (χ3v) is 3.77. The van der Waals surface area contributed by atoms with Crippen LogP contribution in [0.1, 0.15) is 32.3 Å². The summed E-state index contributed by atoms with van der Waals surface area (Å²) in [5, 5.41) is 3.41. The third-order valence-electron chi connectivity index (χ3n) is 3.77. The van der Waals surface area contributed by atoms with Crippen LogP contribution < -0.4 is 10.2 Å². The van der Waals surface area contributed by atoms with Gasteiger partial charge in [-0.15, -0.1) is 0 Å². The summed E-state index contributed by atoms with van der Waals surface area (Å²) >= 11 is 0. The molecule has 1 aromatic rings. The van der Waals surface area contributed by atoms with Gasteiger partial charge >= 0.3 is 0 Å². The molecule has 1 aliphatic heterocycles. The Morgan fingerprint density at radius 1 is 1.45 bits per heavy atom. The van der Waals surface area contributed by atoms with E-state index in [9.17, 15) is 0 Å². The van der Waals surface area contributed by atoms with Crippen LogP contribution in [0.5, 0.6) is 0 Å². The zero-order chi connectivity index (χ0) is 14.4. The SMILES string of the molecule is COCC1CCCN(c2ccc(CNC(C)C)cn2)C1. The van der Waals surface area contributed by atoms with Crippen LogP contribution in [-0.4, -0.2) is 37.8 Å². The summed E-state index contributed by atoms with van der Waals surface area (Å²) in [6.45, 7) is 8.22. The van der Waals surface area contributed by atoms with Gasteiger partial charge in [-0.05, 0) is 30.4 Å². The highest BCUT2D eigenvalue weighted by Crippen LogP contribution is 2.21. The Balaban J connectivity index is 1.91. The van der Waals surface area contributed by atoms with Gasteiger partial charge in [0.05, 0.1) is 6.61 Å². The van der Waals surface area contributed by atoms with Crippen LogP contribution in [0.2, 0.25) is 0 Å². The van der Waals surface area contributed by atoms with Gasteiger partial charge < -0.3 is 15.0 Å². The molecule has 1 fully saturated rings. The standard InChI is InChI=1S/C16H27N3O/c1-13(2)17-9-14-6-7-16(18-10-14)19-8-4-5-15(11-19)12-20-3/h6-7,10,13,15,17H,4-5,8-9,11-12H2,1-3H3. The molecule has 0 radical (unpaired) electrons. The molecule has 0 bridgehead atoms.